The molecule has 1 aliphatic rings. The van der Waals surface area contributed by atoms with Gasteiger partial charge in [-0.3, -0.25) is 19.0 Å². The Morgan fingerprint density at radius 1 is 1.10 bits per heavy atom. The van der Waals surface area contributed by atoms with E-state index in [1.54, 1.807) is 29.2 Å². The Hall–Kier alpha value is -3.94. The number of para-hydroxylation sites is 1. The first kappa shape index (κ1) is 19.0. The lowest BCUT2D eigenvalue weighted by atomic mass is 10.1. The number of fused-ring (bicyclic) bond motifs is 3. The van der Waals surface area contributed by atoms with Crippen molar-refractivity contribution in [3.8, 4) is 0 Å². The molecule has 156 valence electrons. The summed E-state index contributed by atoms with van der Waals surface area (Å²) in [5.74, 6) is -0.284. The highest BCUT2D eigenvalue weighted by molar-refractivity contribution is 6.02. The predicted molar refractivity (Wildman–Crippen MR) is 117 cm³/mol. The predicted octanol–water partition coefficient (Wildman–Crippen LogP) is 3.30. The lowest BCUT2D eigenvalue weighted by Crippen LogP contribution is -2.35. The molecule has 2 aromatic carbocycles. The van der Waals surface area contributed by atoms with Crippen LogP contribution in [0.2, 0.25) is 0 Å². The molecule has 0 unspecified atom stereocenters. The lowest BCUT2D eigenvalue weighted by molar-refractivity contribution is -0.119. The molecule has 0 bridgehead atoms. The van der Waals surface area contributed by atoms with Crippen molar-refractivity contribution in [1.82, 2.24) is 9.55 Å². The number of hydrogen-bond donors (Lipinski definition) is 1. The smallest absolute Gasteiger partial charge is 0.297 e. The van der Waals surface area contributed by atoms with E-state index in [0.29, 0.717) is 29.8 Å². The molecule has 0 radical (unpaired) electrons. The number of nitrogens with one attached hydrogen (secondary N) is 1. The van der Waals surface area contributed by atoms with Crippen LogP contribution in [0.1, 0.15) is 19.3 Å². The Morgan fingerprint density at radius 3 is 2.84 bits per heavy atom. The van der Waals surface area contributed by atoms with Gasteiger partial charge in [-0.1, -0.05) is 18.2 Å². The van der Waals surface area contributed by atoms with Crippen LogP contribution in [0.15, 0.2) is 64.1 Å². The van der Waals surface area contributed by atoms with Crippen LogP contribution in [0.4, 0.5) is 11.4 Å². The summed E-state index contributed by atoms with van der Waals surface area (Å²) in [4.78, 5) is 43.6. The normalized spacial score (nSPS) is 14.3. The topological polar surface area (TPSA) is 97.4 Å². The molecule has 8 heteroatoms. The fourth-order valence-corrected chi connectivity index (χ4v) is 3.91. The molecule has 3 heterocycles. The van der Waals surface area contributed by atoms with Gasteiger partial charge in [0.2, 0.25) is 17.4 Å². The minimum Gasteiger partial charge on any atom is -0.448 e. The molecule has 0 spiro atoms. The van der Waals surface area contributed by atoms with Gasteiger partial charge in [0, 0.05) is 29.7 Å². The maximum atomic E-state index is 12.8. The first-order valence-corrected chi connectivity index (χ1v) is 10.2. The van der Waals surface area contributed by atoms with E-state index in [1.165, 1.54) is 10.9 Å². The molecule has 1 N–H and O–H groups in total. The van der Waals surface area contributed by atoms with Crippen molar-refractivity contribution >= 4 is 45.3 Å². The van der Waals surface area contributed by atoms with Crippen LogP contribution in [0.25, 0.3) is 22.1 Å². The SMILES string of the molecule is O=C(Cn1cnc2c(oc3ccccc32)c1=O)Nc1cccc(N2CCCCC2=O)c1. The van der Waals surface area contributed by atoms with Crippen molar-refractivity contribution in [2.24, 2.45) is 0 Å². The quantitative estimate of drug-likeness (QED) is 0.551. The van der Waals surface area contributed by atoms with Crippen molar-refractivity contribution in [1.29, 1.82) is 0 Å². The van der Waals surface area contributed by atoms with E-state index in [0.717, 1.165) is 23.9 Å². The maximum Gasteiger partial charge on any atom is 0.297 e. The lowest BCUT2D eigenvalue weighted by Gasteiger charge is -2.27. The van der Waals surface area contributed by atoms with Gasteiger partial charge in [-0.15, -0.1) is 0 Å². The monoisotopic (exact) mass is 416 g/mol. The zero-order valence-electron chi connectivity index (χ0n) is 16.7. The second kappa shape index (κ2) is 7.71. The van der Waals surface area contributed by atoms with Crippen molar-refractivity contribution < 1.29 is 14.0 Å². The summed E-state index contributed by atoms with van der Waals surface area (Å²) in [6.07, 6.45) is 3.76. The van der Waals surface area contributed by atoms with Crippen molar-refractivity contribution in [2.45, 2.75) is 25.8 Å². The number of amides is 2. The van der Waals surface area contributed by atoms with Crippen molar-refractivity contribution in [2.75, 3.05) is 16.8 Å². The Morgan fingerprint density at radius 2 is 1.97 bits per heavy atom. The molecule has 0 saturated carbocycles. The fraction of sp³-hybridized carbons (Fsp3) is 0.217. The molecule has 31 heavy (non-hydrogen) atoms. The molecular weight excluding hydrogens is 396 g/mol. The molecule has 4 aromatic rings. The molecule has 2 amide bonds. The van der Waals surface area contributed by atoms with Crippen LogP contribution >= 0.6 is 0 Å². The summed E-state index contributed by atoms with van der Waals surface area (Å²) < 4.78 is 6.87. The highest BCUT2D eigenvalue weighted by atomic mass is 16.3. The average molecular weight is 416 g/mol. The largest absolute Gasteiger partial charge is 0.448 e. The van der Waals surface area contributed by atoms with Gasteiger partial charge in [-0.05, 0) is 43.2 Å². The number of aromatic nitrogens is 2. The second-order valence-corrected chi connectivity index (χ2v) is 7.55. The Balaban J connectivity index is 1.36. The zero-order chi connectivity index (χ0) is 21.4. The van der Waals surface area contributed by atoms with Crippen LogP contribution in [0.3, 0.4) is 0 Å². The summed E-state index contributed by atoms with van der Waals surface area (Å²) >= 11 is 0. The van der Waals surface area contributed by atoms with Crippen molar-refractivity contribution in [3.63, 3.8) is 0 Å². The van der Waals surface area contributed by atoms with E-state index in [4.69, 9.17) is 4.42 Å². The van der Waals surface area contributed by atoms with E-state index in [1.807, 2.05) is 24.3 Å². The van der Waals surface area contributed by atoms with Crippen LogP contribution in [0, 0.1) is 0 Å². The second-order valence-electron chi connectivity index (χ2n) is 7.55. The number of anilines is 2. The van der Waals surface area contributed by atoms with Gasteiger partial charge in [0.1, 0.15) is 17.6 Å². The molecule has 1 fully saturated rings. The summed E-state index contributed by atoms with van der Waals surface area (Å²) in [5, 5.41) is 3.55. The van der Waals surface area contributed by atoms with E-state index in [2.05, 4.69) is 10.3 Å². The third-order valence-corrected chi connectivity index (χ3v) is 5.43. The Labute approximate surface area is 177 Å². The van der Waals surface area contributed by atoms with Crippen LogP contribution in [-0.2, 0) is 16.1 Å². The number of piperidine rings is 1. The van der Waals surface area contributed by atoms with Gasteiger partial charge >= 0.3 is 0 Å². The Bertz CT molecular complexity index is 1370. The maximum absolute atomic E-state index is 12.8. The number of benzene rings is 2. The zero-order valence-corrected chi connectivity index (χ0v) is 16.7. The van der Waals surface area contributed by atoms with Gasteiger partial charge in [0.15, 0.2) is 0 Å². The van der Waals surface area contributed by atoms with E-state index >= 15 is 0 Å². The van der Waals surface area contributed by atoms with Crippen LogP contribution in [0.5, 0.6) is 0 Å². The molecular formula is C23H20N4O4. The molecule has 0 atom stereocenters. The first-order valence-electron chi connectivity index (χ1n) is 10.2. The summed E-state index contributed by atoms with van der Waals surface area (Å²) in [5.41, 5.74) is 2.09. The van der Waals surface area contributed by atoms with E-state index in [9.17, 15) is 14.4 Å². The fourth-order valence-electron chi connectivity index (χ4n) is 3.91. The van der Waals surface area contributed by atoms with E-state index < -0.39 is 5.56 Å². The van der Waals surface area contributed by atoms with Gasteiger partial charge in [0.25, 0.3) is 5.56 Å². The number of nitrogens with zero attached hydrogens (tertiary/aromatic N) is 3. The number of carbonyl (C=O) groups is 2. The van der Waals surface area contributed by atoms with Crippen LogP contribution in [-0.4, -0.2) is 27.9 Å². The number of carbonyl (C=O) groups excluding carboxylic acids is 2. The number of furan rings is 1. The third kappa shape index (κ3) is 3.56. The standard InChI is InChI=1S/C23H20N4O4/c28-19(25-15-6-5-7-16(12-15)27-11-4-3-10-20(27)29)13-26-14-24-21-17-8-1-2-9-18(17)31-22(21)23(26)30/h1-2,5-9,12,14H,3-4,10-11,13H2,(H,25,28). The average Bonchev–Trinajstić information content (AvgIpc) is 3.16. The molecule has 1 aliphatic heterocycles. The first-order chi connectivity index (χ1) is 15.1. The molecule has 8 nitrogen and oxygen atoms in total. The minimum atomic E-state index is -0.413. The van der Waals surface area contributed by atoms with Gasteiger partial charge in [-0.2, -0.15) is 0 Å². The molecule has 2 aromatic heterocycles. The minimum absolute atomic E-state index is 0.0893. The highest BCUT2D eigenvalue weighted by Gasteiger charge is 2.20. The third-order valence-electron chi connectivity index (χ3n) is 5.43. The molecule has 1 saturated heterocycles. The molecule has 5 rings (SSSR count). The summed E-state index contributed by atoms with van der Waals surface area (Å²) in [7, 11) is 0. The van der Waals surface area contributed by atoms with E-state index in [-0.39, 0.29) is 23.9 Å². The summed E-state index contributed by atoms with van der Waals surface area (Å²) in [6.45, 7) is 0.473. The van der Waals surface area contributed by atoms with Crippen LogP contribution < -0.4 is 15.8 Å². The van der Waals surface area contributed by atoms with Gasteiger partial charge in [-0.25, -0.2) is 4.98 Å². The van der Waals surface area contributed by atoms with Crippen molar-refractivity contribution in [3.05, 3.63) is 65.2 Å². The summed E-state index contributed by atoms with van der Waals surface area (Å²) in [6, 6.07) is 14.4. The van der Waals surface area contributed by atoms with Gasteiger partial charge in [0.05, 0.1) is 6.33 Å². The highest BCUT2D eigenvalue weighted by Crippen LogP contribution is 2.25. The van der Waals surface area contributed by atoms with Gasteiger partial charge < -0.3 is 14.6 Å². The number of rotatable bonds is 4. The molecule has 0 aliphatic carbocycles. The Kier molecular flexibility index (Phi) is 4.74. The number of hydrogen-bond acceptors (Lipinski definition) is 5.